The number of ether oxygens (including phenoxy) is 2. The standard InChI is InChI=1S/C19H20N2O5/c22-17-11-5-4-10-16(17)18(23)20-21-19(24)26-13-7-6-12-25-14-15-8-2-1-3-9-15/h1-11,22H,12-14H2,(H,20,23)(H,21,24). The smallest absolute Gasteiger partial charge is 0.426 e. The number of carbonyl (C=O) groups excluding carboxylic acids is 2. The highest BCUT2D eigenvalue weighted by atomic mass is 16.6. The van der Waals surface area contributed by atoms with Gasteiger partial charge in [-0.05, 0) is 23.8 Å². The molecule has 26 heavy (non-hydrogen) atoms. The van der Waals surface area contributed by atoms with E-state index >= 15 is 0 Å². The molecule has 0 aliphatic heterocycles. The summed E-state index contributed by atoms with van der Waals surface area (Å²) < 4.78 is 10.3. The van der Waals surface area contributed by atoms with Gasteiger partial charge < -0.3 is 14.6 Å². The Morgan fingerprint density at radius 2 is 1.62 bits per heavy atom. The van der Waals surface area contributed by atoms with Gasteiger partial charge >= 0.3 is 6.09 Å². The minimum atomic E-state index is -0.816. The predicted octanol–water partition coefficient (Wildman–Crippen LogP) is 2.54. The molecule has 0 radical (unpaired) electrons. The number of phenols is 1. The number of nitrogens with one attached hydrogen (secondary N) is 2. The van der Waals surface area contributed by atoms with Crippen LogP contribution in [0.5, 0.6) is 5.75 Å². The molecule has 7 heteroatoms. The van der Waals surface area contributed by atoms with Crippen LogP contribution in [0.4, 0.5) is 4.79 Å². The quantitative estimate of drug-likeness (QED) is 0.402. The van der Waals surface area contributed by atoms with E-state index in [1.54, 1.807) is 24.3 Å². The van der Waals surface area contributed by atoms with E-state index in [0.29, 0.717) is 13.2 Å². The van der Waals surface area contributed by atoms with Gasteiger partial charge in [-0.25, -0.2) is 10.2 Å². The first kappa shape index (κ1) is 19.0. The molecule has 0 spiro atoms. The fourth-order valence-corrected chi connectivity index (χ4v) is 1.96. The molecule has 2 aromatic carbocycles. The van der Waals surface area contributed by atoms with Crippen LogP contribution >= 0.6 is 0 Å². The lowest BCUT2D eigenvalue weighted by molar-refractivity contribution is 0.0913. The molecule has 0 aliphatic carbocycles. The van der Waals surface area contributed by atoms with Gasteiger partial charge in [0.05, 0.1) is 18.8 Å². The normalized spacial score (nSPS) is 10.5. The Morgan fingerprint density at radius 3 is 2.38 bits per heavy atom. The van der Waals surface area contributed by atoms with E-state index in [1.807, 2.05) is 30.3 Å². The van der Waals surface area contributed by atoms with Crippen molar-refractivity contribution in [2.24, 2.45) is 0 Å². The molecule has 0 atom stereocenters. The molecule has 2 rings (SSSR count). The zero-order valence-corrected chi connectivity index (χ0v) is 14.1. The highest BCUT2D eigenvalue weighted by Crippen LogP contribution is 2.14. The van der Waals surface area contributed by atoms with Crippen LogP contribution in [0.15, 0.2) is 66.7 Å². The van der Waals surface area contributed by atoms with Crippen LogP contribution in [0.1, 0.15) is 15.9 Å². The number of hydrogen-bond donors (Lipinski definition) is 3. The Hall–Kier alpha value is -3.32. The first-order valence-corrected chi connectivity index (χ1v) is 7.94. The van der Waals surface area contributed by atoms with E-state index in [2.05, 4.69) is 10.9 Å². The maximum Gasteiger partial charge on any atom is 0.426 e. The van der Waals surface area contributed by atoms with Gasteiger partial charge in [0.2, 0.25) is 0 Å². The van der Waals surface area contributed by atoms with Crippen molar-refractivity contribution in [1.82, 2.24) is 10.9 Å². The van der Waals surface area contributed by atoms with Crippen molar-refractivity contribution >= 4 is 12.0 Å². The summed E-state index contributed by atoms with van der Waals surface area (Å²) in [6.07, 6.45) is 2.55. The molecule has 0 bridgehead atoms. The third-order valence-corrected chi connectivity index (χ3v) is 3.23. The van der Waals surface area contributed by atoms with Crippen LogP contribution in [0.3, 0.4) is 0 Å². The minimum absolute atomic E-state index is 0.0347. The second-order valence-electron chi connectivity index (χ2n) is 5.17. The van der Waals surface area contributed by atoms with Crippen molar-refractivity contribution in [3.63, 3.8) is 0 Å². The SMILES string of the molecule is O=C(NNC(=O)c1ccccc1O)OCC=CCOCc1ccccc1. The highest BCUT2D eigenvalue weighted by Gasteiger charge is 2.11. The molecule has 2 aromatic rings. The second kappa shape index (κ2) is 10.5. The van der Waals surface area contributed by atoms with Crippen molar-refractivity contribution < 1.29 is 24.2 Å². The van der Waals surface area contributed by atoms with Crippen LogP contribution in [0.25, 0.3) is 0 Å². The summed E-state index contributed by atoms with van der Waals surface area (Å²) in [6.45, 7) is 0.932. The number of phenolic OH excluding ortho intramolecular Hbond substituents is 1. The van der Waals surface area contributed by atoms with Gasteiger partial charge in [-0.15, -0.1) is 0 Å². The molecular weight excluding hydrogens is 336 g/mol. The van der Waals surface area contributed by atoms with E-state index in [9.17, 15) is 14.7 Å². The number of para-hydroxylation sites is 1. The summed E-state index contributed by atoms with van der Waals surface area (Å²) >= 11 is 0. The predicted molar refractivity (Wildman–Crippen MR) is 95.3 cm³/mol. The summed E-state index contributed by atoms with van der Waals surface area (Å²) in [7, 11) is 0. The van der Waals surface area contributed by atoms with E-state index in [0.717, 1.165) is 5.56 Å². The van der Waals surface area contributed by atoms with Gasteiger partial charge in [-0.1, -0.05) is 48.5 Å². The van der Waals surface area contributed by atoms with Gasteiger partial charge in [-0.2, -0.15) is 0 Å². The van der Waals surface area contributed by atoms with Crippen molar-refractivity contribution in [3.05, 3.63) is 77.9 Å². The largest absolute Gasteiger partial charge is 0.507 e. The Balaban J connectivity index is 1.57. The van der Waals surface area contributed by atoms with Gasteiger partial charge in [0.25, 0.3) is 5.91 Å². The summed E-state index contributed by atoms with van der Waals surface area (Å²) in [5, 5.41) is 9.54. The van der Waals surface area contributed by atoms with Crippen molar-refractivity contribution in [2.75, 3.05) is 13.2 Å². The molecule has 0 aromatic heterocycles. The Bertz CT molecular complexity index is 747. The minimum Gasteiger partial charge on any atom is -0.507 e. The molecule has 0 heterocycles. The maximum absolute atomic E-state index is 11.8. The third-order valence-electron chi connectivity index (χ3n) is 3.23. The lowest BCUT2D eigenvalue weighted by Gasteiger charge is -2.08. The molecule has 0 fully saturated rings. The van der Waals surface area contributed by atoms with E-state index in [1.165, 1.54) is 12.1 Å². The van der Waals surface area contributed by atoms with Crippen molar-refractivity contribution in [1.29, 1.82) is 0 Å². The molecule has 0 aliphatic rings. The Kier molecular flexibility index (Phi) is 7.70. The molecule has 3 N–H and O–H groups in total. The molecule has 136 valence electrons. The van der Waals surface area contributed by atoms with E-state index in [-0.39, 0.29) is 17.9 Å². The maximum atomic E-state index is 11.8. The average Bonchev–Trinajstić information content (AvgIpc) is 2.66. The third kappa shape index (κ3) is 6.66. The second-order valence-corrected chi connectivity index (χ2v) is 5.17. The summed E-state index contributed by atoms with van der Waals surface area (Å²) in [5.74, 6) is -0.830. The molecule has 0 saturated heterocycles. The van der Waals surface area contributed by atoms with Gasteiger partial charge in [0.15, 0.2) is 0 Å². The number of carbonyl (C=O) groups is 2. The zero-order chi connectivity index (χ0) is 18.6. The lowest BCUT2D eigenvalue weighted by atomic mass is 10.2. The van der Waals surface area contributed by atoms with E-state index in [4.69, 9.17) is 9.47 Å². The summed E-state index contributed by atoms with van der Waals surface area (Å²) in [6, 6.07) is 15.8. The monoisotopic (exact) mass is 356 g/mol. The molecule has 0 saturated carbocycles. The van der Waals surface area contributed by atoms with Crippen molar-refractivity contribution in [2.45, 2.75) is 6.61 Å². The fourth-order valence-electron chi connectivity index (χ4n) is 1.96. The number of hydrazine groups is 1. The van der Waals surface area contributed by atoms with E-state index < -0.39 is 12.0 Å². The zero-order valence-electron chi connectivity index (χ0n) is 14.1. The average molecular weight is 356 g/mol. The number of aromatic hydroxyl groups is 1. The van der Waals surface area contributed by atoms with Crippen LogP contribution in [0.2, 0.25) is 0 Å². The van der Waals surface area contributed by atoms with Gasteiger partial charge in [0, 0.05) is 0 Å². The number of hydrogen-bond acceptors (Lipinski definition) is 5. The molecule has 0 unspecified atom stereocenters. The Labute approximate surface area is 151 Å². The highest BCUT2D eigenvalue weighted by molar-refractivity contribution is 5.97. The Morgan fingerprint density at radius 1 is 0.923 bits per heavy atom. The number of amides is 2. The number of rotatable bonds is 7. The molecule has 2 amide bonds. The van der Waals surface area contributed by atoms with Crippen LogP contribution in [0, 0.1) is 0 Å². The fraction of sp³-hybridized carbons (Fsp3) is 0.158. The molecule has 7 nitrogen and oxygen atoms in total. The van der Waals surface area contributed by atoms with Crippen molar-refractivity contribution in [3.8, 4) is 5.75 Å². The first-order valence-electron chi connectivity index (χ1n) is 7.94. The van der Waals surface area contributed by atoms with Crippen LogP contribution in [-0.4, -0.2) is 30.3 Å². The first-order chi connectivity index (χ1) is 12.7. The lowest BCUT2D eigenvalue weighted by Crippen LogP contribution is -2.41. The van der Waals surface area contributed by atoms with Crippen LogP contribution < -0.4 is 10.9 Å². The van der Waals surface area contributed by atoms with Gasteiger partial charge in [-0.3, -0.25) is 10.2 Å². The summed E-state index contributed by atoms with van der Waals surface area (Å²) in [5.41, 5.74) is 5.37. The van der Waals surface area contributed by atoms with Crippen LogP contribution in [-0.2, 0) is 16.1 Å². The number of benzene rings is 2. The summed E-state index contributed by atoms with van der Waals surface area (Å²) in [4.78, 5) is 23.2. The molecular formula is C19H20N2O5. The topological polar surface area (TPSA) is 96.9 Å². The van der Waals surface area contributed by atoms with Gasteiger partial charge in [0.1, 0.15) is 12.4 Å².